The number of para-hydroxylation sites is 1. The van der Waals surface area contributed by atoms with Gasteiger partial charge in [-0.3, -0.25) is 4.79 Å². The molecule has 0 N–H and O–H groups in total. The van der Waals surface area contributed by atoms with Gasteiger partial charge in [-0.15, -0.1) is 0 Å². The molecule has 0 aliphatic carbocycles. The van der Waals surface area contributed by atoms with Gasteiger partial charge in [0.2, 0.25) is 0 Å². The smallest absolute Gasteiger partial charge is 0.197 e. The number of nitrogens with zero attached hydrogens (tertiary/aromatic N) is 1. The third-order valence-electron chi connectivity index (χ3n) is 7.04. The number of hydrogen-bond donors (Lipinski definition) is 0. The zero-order valence-corrected chi connectivity index (χ0v) is 23.1. The van der Waals surface area contributed by atoms with Crippen molar-refractivity contribution in [3.05, 3.63) is 120 Å². The lowest BCUT2D eigenvalue weighted by Gasteiger charge is -2.16. The molecule has 5 rings (SSSR count). The number of hydrogen-bond acceptors (Lipinski definition) is 5. The van der Waals surface area contributed by atoms with Crippen LogP contribution in [0.5, 0.6) is 11.5 Å². The minimum atomic E-state index is -0.0815. The summed E-state index contributed by atoms with van der Waals surface area (Å²) in [7, 11) is 3.80. The van der Waals surface area contributed by atoms with E-state index in [0.29, 0.717) is 29.1 Å². The number of fused-ring (bicyclic) bond motifs is 1. The first-order valence-corrected chi connectivity index (χ1v) is 13.8. The van der Waals surface area contributed by atoms with Gasteiger partial charge in [0.15, 0.2) is 5.78 Å². The van der Waals surface area contributed by atoms with E-state index < -0.39 is 0 Å². The van der Waals surface area contributed by atoms with Gasteiger partial charge in [-0.1, -0.05) is 48.5 Å². The zero-order chi connectivity index (χ0) is 27.7. The van der Waals surface area contributed by atoms with Crippen molar-refractivity contribution in [3.8, 4) is 22.8 Å². The van der Waals surface area contributed by atoms with Gasteiger partial charge in [0.1, 0.15) is 22.8 Å². The standard InChI is InChI=1S/C35H35NO4/c1-36(25-26-11-5-3-6-12-26)23-9-4-10-24-39-30-21-15-27(16-22-30)34(37)33-31-13-7-8-14-32(31)40-35(33)28-17-19-29(38-2)20-18-28/h3,5-8,11-22H,4,9-10,23-25H2,1-2H3. The number of methoxy groups -OCH3 is 1. The van der Waals surface area contributed by atoms with Gasteiger partial charge in [0.25, 0.3) is 0 Å². The quantitative estimate of drug-likeness (QED) is 0.113. The Labute approximate surface area is 236 Å². The van der Waals surface area contributed by atoms with Crippen LogP contribution < -0.4 is 9.47 Å². The minimum Gasteiger partial charge on any atom is -0.497 e. The maximum Gasteiger partial charge on any atom is 0.197 e. The Bertz CT molecular complexity index is 1520. The molecule has 40 heavy (non-hydrogen) atoms. The fraction of sp³-hybridized carbons (Fsp3) is 0.229. The maximum absolute atomic E-state index is 13.7. The molecule has 0 saturated heterocycles. The Morgan fingerprint density at radius 1 is 0.775 bits per heavy atom. The van der Waals surface area contributed by atoms with E-state index in [1.54, 1.807) is 7.11 Å². The number of ketones is 1. The second-order valence-corrected chi connectivity index (χ2v) is 10.0. The van der Waals surface area contributed by atoms with E-state index in [4.69, 9.17) is 13.9 Å². The fourth-order valence-electron chi connectivity index (χ4n) is 4.89. The highest BCUT2D eigenvalue weighted by atomic mass is 16.5. The summed E-state index contributed by atoms with van der Waals surface area (Å²) in [4.78, 5) is 16.1. The number of carbonyl (C=O) groups is 1. The molecule has 0 unspecified atom stereocenters. The lowest BCUT2D eigenvalue weighted by atomic mass is 9.97. The summed E-state index contributed by atoms with van der Waals surface area (Å²) in [6.07, 6.45) is 3.23. The highest BCUT2D eigenvalue weighted by molar-refractivity contribution is 6.19. The number of benzene rings is 4. The average Bonchev–Trinajstić information content (AvgIpc) is 3.39. The summed E-state index contributed by atoms with van der Waals surface area (Å²) in [5, 5.41) is 0.799. The van der Waals surface area contributed by atoms with Gasteiger partial charge < -0.3 is 18.8 Å². The van der Waals surface area contributed by atoms with Crippen LogP contribution in [-0.4, -0.2) is 38.0 Å². The second-order valence-electron chi connectivity index (χ2n) is 10.0. The molecule has 5 heteroatoms. The molecule has 0 bridgehead atoms. The van der Waals surface area contributed by atoms with Crippen molar-refractivity contribution in [2.45, 2.75) is 25.8 Å². The molecule has 5 nitrogen and oxygen atoms in total. The Balaban J connectivity index is 1.17. The molecule has 0 radical (unpaired) electrons. The van der Waals surface area contributed by atoms with Gasteiger partial charge in [-0.2, -0.15) is 0 Å². The van der Waals surface area contributed by atoms with E-state index >= 15 is 0 Å². The van der Waals surface area contributed by atoms with Crippen LogP contribution in [-0.2, 0) is 6.54 Å². The largest absolute Gasteiger partial charge is 0.497 e. The fourth-order valence-corrected chi connectivity index (χ4v) is 4.89. The van der Waals surface area contributed by atoms with Crippen LogP contribution in [0.25, 0.3) is 22.3 Å². The summed E-state index contributed by atoms with van der Waals surface area (Å²) in [5.74, 6) is 1.99. The number of unbranched alkanes of at least 4 members (excludes halogenated alkanes) is 2. The minimum absolute atomic E-state index is 0.0815. The predicted molar refractivity (Wildman–Crippen MR) is 160 cm³/mol. The molecule has 1 aromatic heterocycles. The van der Waals surface area contributed by atoms with Gasteiger partial charge >= 0.3 is 0 Å². The SMILES string of the molecule is COc1ccc(-c2oc3ccccc3c2C(=O)c2ccc(OCCCCCN(C)Cc3ccccc3)cc2)cc1. The summed E-state index contributed by atoms with van der Waals surface area (Å²) in [5.41, 5.74) is 4.00. The summed E-state index contributed by atoms with van der Waals surface area (Å²) >= 11 is 0. The highest BCUT2D eigenvalue weighted by Crippen LogP contribution is 2.36. The number of ether oxygens (including phenoxy) is 2. The molecule has 0 fully saturated rings. The Hall–Kier alpha value is -4.35. The van der Waals surface area contributed by atoms with E-state index in [1.165, 1.54) is 5.56 Å². The molecule has 1 heterocycles. The molecule has 0 aliphatic heterocycles. The highest BCUT2D eigenvalue weighted by Gasteiger charge is 2.23. The molecule has 0 spiro atoms. The topological polar surface area (TPSA) is 51.9 Å². The molecule has 0 aliphatic rings. The molecule has 0 amide bonds. The second kappa shape index (κ2) is 13.1. The monoisotopic (exact) mass is 533 g/mol. The molecular weight excluding hydrogens is 498 g/mol. The van der Waals surface area contributed by atoms with Crippen molar-refractivity contribution < 1.29 is 18.7 Å². The lowest BCUT2D eigenvalue weighted by Crippen LogP contribution is -2.19. The van der Waals surface area contributed by atoms with Crippen molar-refractivity contribution >= 4 is 16.8 Å². The maximum atomic E-state index is 13.7. The molecule has 204 valence electrons. The van der Waals surface area contributed by atoms with Crippen LogP contribution in [0.4, 0.5) is 0 Å². The van der Waals surface area contributed by atoms with Gasteiger partial charge in [0, 0.05) is 23.1 Å². The van der Waals surface area contributed by atoms with Gasteiger partial charge in [0.05, 0.1) is 19.3 Å². The van der Waals surface area contributed by atoms with Crippen molar-refractivity contribution in [1.82, 2.24) is 4.90 Å². The first-order chi connectivity index (χ1) is 19.6. The molecular formula is C35H35NO4. The van der Waals surface area contributed by atoms with E-state index in [0.717, 1.165) is 54.8 Å². The first-order valence-electron chi connectivity index (χ1n) is 13.8. The van der Waals surface area contributed by atoms with Crippen LogP contribution in [0.3, 0.4) is 0 Å². The van der Waals surface area contributed by atoms with Gasteiger partial charge in [-0.25, -0.2) is 0 Å². The number of rotatable bonds is 13. The van der Waals surface area contributed by atoms with Crippen LogP contribution >= 0.6 is 0 Å². The Morgan fingerprint density at radius 3 is 2.23 bits per heavy atom. The number of furan rings is 1. The van der Waals surface area contributed by atoms with E-state index in [2.05, 4.69) is 42.3 Å². The normalized spacial score (nSPS) is 11.2. The summed E-state index contributed by atoms with van der Waals surface area (Å²) in [6, 6.07) is 33.2. The van der Waals surface area contributed by atoms with Crippen molar-refractivity contribution in [1.29, 1.82) is 0 Å². The molecule has 0 atom stereocenters. The van der Waals surface area contributed by atoms with Crippen LogP contribution in [0.2, 0.25) is 0 Å². The van der Waals surface area contributed by atoms with Crippen LogP contribution in [0, 0.1) is 0 Å². The van der Waals surface area contributed by atoms with E-state index in [9.17, 15) is 4.79 Å². The van der Waals surface area contributed by atoms with Crippen molar-refractivity contribution in [3.63, 3.8) is 0 Å². The third kappa shape index (κ3) is 6.61. The van der Waals surface area contributed by atoms with Crippen molar-refractivity contribution in [2.75, 3.05) is 27.3 Å². The summed E-state index contributed by atoms with van der Waals surface area (Å²) in [6.45, 7) is 2.69. The van der Waals surface area contributed by atoms with Crippen LogP contribution in [0.1, 0.15) is 40.7 Å². The van der Waals surface area contributed by atoms with Gasteiger partial charge in [-0.05, 0) is 93.0 Å². The zero-order valence-electron chi connectivity index (χ0n) is 23.1. The summed E-state index contributed by atoms with van der Waals surface area (Å²) < 4.78 is 17.4. The molecule has 4 aromatic carbocycles. The predicted octanol–water partition coefficient (Wildman–Crippen LogP) is 8.02. The van der Waals surface area contributed by atoms with E-state index in [1.807, 2.05) is 72.8 Å². The number of carbonyl (C=O) groups excluding carboxylic acids is 1. The Morgan fingerprint density at radius 2 is 1.48 bits per heavy atom. The Kier molecular flexibility index (Phi) is 8.94. The first kappa shape index (κ1) is 27.2. The van der Waals surface area contributed by atoms with Crippen molar-refractivity contribution in [2.24, 2.45) is 0 Å². The van der Waals surface area contributed by atoms with Crippen LogP contribution in [0.15, 0.2) is 108 Å². The average molecular weight is 534 g/mol. The van der Waals surface area contributed by atoms with E-state index in [-0.39, 0.29) is 5.78 Å². The molecule has 5 aromatic rings. The molecule has 0 saturated carbocycles. The lowest BCUT2D eigenvalue weighted by molar-refractivity contribution is 0.104. The third-order valence-corrected chi connectivity index (χ3v) is 7.04.